The molecule has 2 N–H and O–H groups in total. The topological polar surface area (TPSA) is 49.7 Å². The lowest BCUT2D eigenvalue weighted by molar-refractivity contribution is -0.0463. The van der Waals surface area contributed by atoms with Gasteiger partial charge in [-0.05, 0) is 78.5 Å². The number of phenolic OH excluding ortho intramolecular Hbond substituents is 1. The summed E-state index contributed by atoms with van der Waals surface area (Å²) >= 11 is 0. The van der Waals surface area contributed by atoms with E-state index in [9.17, 15) is 10.2 Å². The van der Waals surface area contributed by atoms with E-state index in [2.05, 4.69) is 13.0 Å². The number of methoxy groups -OCH3 is 1. The van der Waals surface area contributed by atoms with Crippen LogP contribution in [0, 0.1) is 17.3 Å². The third-order valence-electron chi connectivity index (χ3n) is 6.76. The Morgan fingerprint density at radius 1 is 1.32 bits per heavy atom. The summed E-state index contributed by atoms with van der Waals surface area (Å²) in [4.78, 5) is 0. The molecule has 2 saturated carbocycles. The molecule has 0 unspecified atom stereocenters. The monoisotopic (exact) mass is 302 g/mol. The molecule has 1 aromatic rings. The van der Waals surface area contributed by atoms with Crippen molar-refractivity contribution in [2.24, 2.45) is 17.3 Å². The van der Waals surface area contributed by atoms with Gasteiger partial charge in [-0.25, -0.2) is 0 Å². The second-order valence-electron chi connectivity index (χ2n) is 7.94. The molecule has 3 aliphatic rings. The standard InChI is InChI=1S/C19H26O3/c1-19-6-5-15-14-4-3-12(20)7-11(14)8-17(22-2)18(15)16(19)9-13(21)10-19/h3-4,7,13,15-18,20-21H,5-6,8-10H2,1-2H3/t13-,15+,16-,17+,18+,19+/m0/s1. The quantitative estimate of drug-likeness (QED) is 0.837. The third-order valence-corrected chi connectivity index (χ3v) is 6.76. The lowest BCUT2D eigenvalue weighted by Gasteiger charge is -2.51. The Kier molecular flexibility index (Phi) is 3.28. The zero-order chi connectivity index (χ0) is 15.5. The Hall–Kier alpha value is -1.06. The number of hydrogen-bond acceptors (Lipinski definition) is 3. The number of benzene rings is 1. The van der Waals surface area contributed by atoms with Crippen molar-refractivity contribution in [3.63, 3.8) is 0 Å². The number of phenols is 1. The number of ether oxygens (including phenoxy) is 1. The Morgan fingerprint density at radius 2 is 2.14 bits per heavy atom. The second-order valence-corrected chi connectivity index (χ2v) is 7.94. The summed E-state index contributed by atoms with van der Waals surface area (Å²) in [5.74, 6) is 1.91. The molecule has 3 nitrogen and oxygen atoms in total. The first-order valence-electron chi connectivity index (χ1n) is 8.54. The van der Waals surface area contributed by atoms with Gasteiger partial charge in [0.25, 0.3) is 0 Å². The summed E-state index contributed by atoms with van der Waals surface area (Å²) in [6, 6.07) is 5.84. The maximum absolute atomic E-state index is 10.2. The Labute approximate surface area is 132 Å². The van der Waals surface area contributed by atoms with E-state index in [1.165, 1.54) is 24.0 Å². The maximum atomic E-state index is 10.2. The minimum atomic E-state index is -0.146. The molecular weight excluding hydrogens is 276 g/mol. The van der Waals surface area contributed by atoms with Gasteiger partial charge in [0.2, 0.25) is 0 Å². The predicted octanol–water partition coefficient (Wildman–Crippen LogP) is 3.23. The normalized spacial score (nSPS) is 43.3. The molecule has 0 radical (unpaired) electrons. The molecule has 0 amide bonds. The molecule has 22 heavy (non-hydrogen) atoms. The van der Waals surface area contributed by atoms with Gasteiger partial charge in [-0.1, -0.05) is 13.0 Å². The lowest BCUT2D eigenvalue weighted by Crippen LogP contribution is -2.47. The summed E-state index contributed by atoms with van der Waals surface area (Å²) < 4.78 is 5.88. The van der Waals surface area contributed by atoms with E-state index in [0.717, 1.165) is 19.3 Å². The molecule has 0 saturated heterocycles. The van der Waals surface area contributed by atoms with E-state index < -0.39 is 0 Å². The Balaban J connectivity index is 1.77. The summed E-state index contributed by atoms with van der Waals surface area (Å²) in [5.41, 5.74) is 2.92. The highest BCUT2D eigenvalue weighted by Crippen LogP contribution is 2.61. The van der Waals surface area contributed by atoms with Crippen molar-refractivity contribution < 1.29 is 14.9 Å². The van der Waals surface area contributed by atoms with E-state index in [0.29, 0.717) is 23.5 Å². The van der Waals surface area contributed by atoms with Gasteiger partial charge < -0.3 is 14.9 Å². The van der Waals surface area contributed by atoms with E-state index in [1.54, 1.807) is 0 Å². The van der Waals surface area contributed by atoms with Gasteiger partial charge >= 0.3 is 0 Å². The van der Waals surface area contributed by atoms with Crippen LogP contribution < -0.4 is 0 Å². The van der Waals surface area contributed by atoms with Gasteiger partial charge in [0.15, 0.2) is 0 Å². The van der Waals surface area contributed by atoms with E-state index in [-0.39, 0.29) is 17.6 Å². The molecule has 2 fully saturated rings. The maximum Gasteiger partial charge on any atom is 0.115 e. The van der Waals surface area contributed by atoms with Gasteiger partial charge in [0, 0.05) is 7.11 Å². The van der Waals surface area contributed by atoms with E-state index in [4.69, 9.17) is 4.74 Å². The van der Waals surface area contributed by atoms with Crippen molar-refractivity contribution in [2.45, 2.75) is 57.2 Å². The van der Waals surface area contributed by atoms with Gasteiger partial charge in [0.05, 0.1) is 12.2 Å². The fourth-order valence-corrected chi connectivity index (χ4v) is 5.82. The predicted molar refractivity (Wildman–Crippen MR) is 84.9 cm³/mol. The van der Waals surface area contributed by atoms with E-state index >= 15 is 0 Å². The number of rotatable bonds is 1. The van der Waals surface area contributed by atoms with Crippen molar-refractivity contribution in [3.05, 3.63) is 29.3 Å². The van der Waals surface area contributed by atoms with Crippen LogP contribution in [0.25, 0.3) is 0 Å². The first-order chi connectivity index (χ1) is 10.5. The summed E-state index contributed by atoms with van der Waals surface area (Å²) in [6.45, 7) is 2.36. The SMILES string of the molecule is CO[C@@H]1Cc2cc(O)ccc2[C@H]2CC[C@]3(C)C[C@@H](O)C[C@H]3[C@@H]21. The van der Waals surface area contributed by atoms with Crippen LogP contribution in [0.5, 0.6) is 5.75 Å². The van der Waals surface area contributed by atoms with Gasteiger partial charge in [-0.2, -0.15) is 0 Å². The molecule has 0 aromatic heterocycles. The van der Waals surface area contributed by atoms with Crippen LogP contribution in [0.2, 0.25) is 0 Å². The second kappa shape index (κ2) is 4.97. The molecule has 0 aliphatic heterocycles. The number of aliphatic hydroxyl groups excluding tert-OH is 1. The fraction of sp³-hybridized carbons (Fsp3) is 0.684. The Morgan fingerprint density at radius 3 is 2.91 bits per heavy atom. The molecule has 3 heteroatoms. The van der Waals surface area contributed by atoms with Gasteiger partial charge in [0.1, 0.15) is 5.75 Å². The van der Waals surface area contributed by atoms with Crippen LogP contribution >= 0.6 is 0 Å². The zero-order valence-corrected chi connectivity index (χ0v) is 13.5. The van der Waals surface area contributed by atoms with E-state index in [1.807, 2.05) is 19.2 Å². The van der Waals surface area contributed by atoms with Crippen molar-refractivity contribution in [2.75, 3.05) is 7.11 Å². The van der Waals surface area contributed by atoms with Crippen molar-refractivity contribution in [1.82, 2.24) is 0 Å². The lowest BCUT2D eigenvalue weighted by atomic mass is 9.55. The summed E-state index contributed by atoms with van der Waals surface area (Å²) in [5, 5.41) is 20.0. The average molecular weight is 302 g/mol. The average Bonchev–Trinajstić information content (AvgIpc) is 2.79. The number of fused-ring (bicyclic) bond motifs is 5. The molecule has 0 bridgehead atoms. The van der Waals surface area contributed by atoms with Crippen molar-refractivity contribution >= 4 is 0 Å². The minimum Gasteiger partial charge on any atom is -0.508 e. The van der Waals surface area contributed by atoms with Crippen molar-refractivity contribution in [3.8, 4) is 5.75 Å². The number of aliphatic hydroxyl groups is 1. The minimum absolute atomic E-state index is 0.146. The number of hydrogen-bond donors (Lipinski definition) is 2. The van der Waals surface area contributed by atoms with Crippen molar-refractivity contribution in [1.29, 1.82) is 0 Å². The van der Waals surface area contributed by atoms with Gasteiger partial charge in [-0.15, -0.1) is 0 Å². The molecule has 120 valence electrons. The molecule has 0 heterocycles. The molecule has 4 rings (SSSR count). The summed E-state index contributed by atoms with van der Waals surface area (Å²) in [7, 11) is 1.81. The zero-order valence-electron chi connectivity index (χ0n) is 13.5. The van der Waals surface area contributed by atoms with Crippen LogP contribution in [-0.4, -0.2) is 29.5 Å². The molecular formula is C19H26O3. The smallest absolute Gasteiger partial charge is 0.115 e. The molecule has 3 aliphatic carbocycles. The molecule has 0 spiro atoms. The fourth-order valence-electron chi connectivity index (χ4n) is 5.82. The number of aromatic hydroxyl groups is 1. The first kappa shape index (κ1) is 14.5. The Bertz CT molecular complexity index is 584. The first-order valence-corrected chi connectivity index (χ1v) is 8.54. The highest BCUT2D eigenvalue weighted by atomic mass is 16.5. The largest absolute Gasteiger partial charge is 0.508 e. The van der Waals surface area contributed by atoms with Crippen LogP contribution in [0.4, 0.5) is 0 Å². The molecule has 6 atom stereocenters. The summed E-state index contributed by atoms with van der Waals surface area (Å²) in [6.07, 6.45) is 5.16. The highest BCUT2D eigenvalue weighted by molar-refractivity contribution is 5.41. The highest BCUT2D eigenvalue weighted by Gasteiger charge is 2.55. The van der Waals surface area contributed by atoms with Crippen LogP contribution in [-0.2, 0) is 11.2 Å². The van der Waals surface area contributed by atoms with Gasteiger partial charge in [-0.3, -0.25) is 0 Å². The molecule has 1 aromatic carbocycles. The van der Waals surface area contributed by atoms with Crippen LogP contribution in [0.3, 0.4) is 0 Å². The third kappa shape index (κ3) is 2.02. The van der Waals surface area contributed by atoms with Crippen LogP contribution in [0.1, 0.15) is 49.7 Å². The van der Waals surface area contributed by atoms with Crippen LogP contribution in [0.15, 0.2) is 18.2 Å².